The molecule has 0 unspecified atom stereocenters. The quantitative estimate of drug-likeness (QED) is 0.508. The Hall–Kier alpha value is -2.37. The van der Waals surface area contributed by atoms with Gasteiger partial charge in [-0.2, -0.15) is 0 Å². The lowest BCUT2D eigenvalue weighted by molar-refractivity contribution is -0.147. The number of hydrogen-bond donors (Lipinski definition) is 2. The Balaban J connectivity index is 2.23. The van der Waals surface area contributed by atoms with Crippen LogP contribution in [0.1, 0.15) is 45.1 Å². The van der Waals surface area contributed by atoms with Crippen LogP contribution in [-0.4, -0.2) is 30.9 Å². The van der Waals surface area contributed by atoms with E-state index in [1.165, 1.54) is 6.92 Å². The van der Waals surface area contributed by atoms with Crippen LogP contribution >= 0.6 is 0 Å². The van der Waals surface area contributed by atoms with E-state index < -0.39 is 5.97 Å². The van der Waals surface area contributed by atoms with E-state index in [9.17, 15) is 14.4 Å². The van der Waals surface area contributed by atoms with Crippen molar-refractivity contribution in [2.75, 3.05) is 18.5 Å². The molecule has 0 atom stereocenters. The predicted molar refractivity (Wildman–Crippen MR) is 92.6 cm³/mol. The summed E-state index contributed by atoms with van der Waals surface area (Å²) in [6.07, 6.45) is 4.42. The van der Waals surface area contributed by atoms with Gasteiger partial charge in [-0.25, -0.2) is 0 Å². The predicted octanol–water partition coefficient (Wildman–Crippen LogP) is 2.43. The minimum absolute atomic E-state index is 0.0874. The zero-order valence-corrected chi connectivity index (χ0v) is 14.4. The summed E-state index contributed by atoms with van der Waals surface area (Å²) in [6.45, 7) is 3.92. The molecule has 2 N–H and O–H groups in total. The molecule has 1 aromatic rings. The highest BCUT2D eigenvalue weighted by Gasteiger charge is 2.08. The molecule has 0 radical (unpaired) electrons. The van der Waals surface area contributed by atoms with E-state index in [0.717, 1.165) is 31.2 Å². The molecule has 0 bridgehead atoms. The van der Waals surface area contributed by atoms with Crippen molar-refractivity contribution in [1.29, 1.82) is 0 Å². The normalized spacial score (nSPS) is 10.1. The number of carbonyl (C=O) groups is 3. The van der Waals surface area contributed by atoms with Crippen molar-refractivity contribution in [3.63, 3.8) is 0 Å². The molecule has 2 amide bonds. The number of esters is 1. The molecule has 0 aliphatic heterocycles. The average Bonchev–Trinajstić information content (AvgIpc) is 2.54. The number of hydrogen-bond acceptors (Lipinski definition) is 4. The van der Waals surface area contributed by atoms with Gasteiger partial charge in [0.2, 0.25) is 5.91 Å². The minimum atomic E-state index is -0.455. The van der Waals surface area contributed by atoms with Crippen molar-refractivity contribution in [3.8, 4) is 0 Å². The molecular formula is C18H26N2O4. The maximum atomic E-state index is 11.7. The minimum Gasteiger partial charge on any atom is -0.455 e. The standard InChI is InChI=1S/C18H26N2O4/c1-3-4-5-6-11-19-17(22)13-24-18(23)12-15-7-9-16(10-8-15)20-14(2)21/h7-10H,3-6,11-13H2,1-2H3,(H,19,22)(H,20,21). The first kappa shape index (κ1) is 19.7. The van der Waals surface area contributed by atoms with Gasteiger partial charge in [-0.3, -0.25) is 14.4 Å². The van der Waals surface area contributed by atoms with Gasteiger partial charge in [0, 0.05) is 19.2 Å². The summed E-state index contributed by atoms with van der Waals surface area (Å²) in [6, 6.07) is 6.90. The number of ether oxygens (including phenoxy) is 1. The van der Waals surface area contributed by atoms with Crippen LogP contribution in [0.15, 0.2) is 24.3 Å². The molecule has 6 heteroatoms. The molecule has 0 fully saturated rings. The van der Waals surface area contributed by atoms with Crippen LogP contribution < -0.4 is 10.6 Å². The van der Waals surface area contributed by atoms with Gasteiger partial charge >= 0.3 is 5.97 Å². The Bertz CT molecular complexity index is 540. The van der Waals surface area contributed by atoms with Crippen LogP contribution in [0.25, 0.3) is 0 Å². The van der Waals surface area contributed by atoms with Gasteiger partial charge in [-0.1, -0.05) is 38.3 Å². The number of nitrogens with one attached hydrogen (secondary N) is 2. The van der Waals surface area contributed by atoms with Crippen LogP contribution in [0.5, 0.6) is 0 Å². The fraction of sp³-hybridized carbons (Fsp3) is 0.500. The third-order valence-corrected chi connectivity index (χ3v) is 3.34. The first-order valence-electron chi connectivity index (χ1n) is 8.30. The Kier molecular flexibility index (Phi) is 9.19. The van der Waals surface area contributed by atoms with E-state index in [2.05, 4.69) is 17.6 Å². The summed E-state index contributed by atoms with van der Waals surface area (Å²) >= 11 is 0. The third kappa shape index (κ3) is 8.92. The highest BCUT2D eigenvalue weighted by Crippen LogP contribution is 2.10. The summed E-state index contributed by atoms with van der Waals surface area (Å²) in [7, 11) is 0. The van der Waals surface area contributed by atoms with Crippen LogP contribution in [0.2, 0.25) is 0 Å². The Morgan fingerprint density at radius 3 is 2.38 bits per heavy atom. The van der Waals surface area contributed by atoms with Gasteiger partial charge in [-0.05, 0) is 24.1 Å². The van der Waals surface area contributed by atoms with Crippen molar-refractivity contribution in [1.82, 2.24) is 5.32 Å². The number of amides is 2. The number of benzene rings is 1. The lowest BCUT2D eigenvalue weighted by atomic mass is 10.1. The molecule has 0 aromatic heterocycles. The Morgan fingerprint density at radius 2 is 1.75 bits per heavy atom. The molecule has 0 heterocycles. The molecule has 1 rings (SSSR count). The van der Waals surface area contributed by atoms with Crippen LogP contribution in [0.4, 0.5) is 5.69 Å². The molecule has 0 saturated carbocycles. The summed E-state index contributed by atoms with van der Waals surface area (Å²) in [5.74, 6) is -0.882. The van der Waals surface area contributed by atoms with Crippen molar-refractivity contribution < 1.29 is 19.1 Å². The first-order valence-corrected chi connectivity index (χ1v) is 8.30. The lowest BCUT2D eigenvalue weighted by Gasteiger charge is -2.07. The largest absolute Gasteiger partial charge is 0.455 e. The monoisotopic (exact) mass is 334 g/mol. The maximum Gasteiger partial charge on any atom is 0.310 e. The van der Waals surface area contributed by atoms with E-state index in [4.69, 9.17) is 4.74 Å². The average molecular weight is 334 g/mol. The van der Waals surface area contributed by atoms with E-state index in [0.29, 0.717) is 12.2 Å². The van der Waals surface area contributed by atoms with Crippen LogP contribution in [0.3, 0.4) is 0 Å². The lowest BCUT2D eigenvalue weighted by Crippen LogP contribution is -2.29. The summed E-state index contributed by atoms with van der Waals surface area (Å²) < 4.78 is 4.96. The Labute approximate surface area is 143 Å². The highest BCUT2D eigenvalue weighted by molar-refractivity contribution is 5.88. The van der Waals surface area contributed by atoms with Crippen LogP contribution in [-0.2, 0) is 25.5 Å². The van der Waals surface area contributed by atoms with Gasteiger partial charge < -0.3 is 15.4 Å². The zero-order chi connectivity index (χ0) is 17.8. The number of anilines is 1. The van der Waals surface area contributed by atoms with Gasteiger partial charge in [0.05, 0.1) is 6.42 Å². The number of rotatable bonds is 10. The highest BCUT2D eigenvalue weighted by atomic mass is 16.5. The molecule has 6 nitrogen and oxygen atoms in total. The first-order chi connectivity index (χ1) is 11.5. The van der Waals surface area contributed by atoms with Crippen molar-refractivity contribution in [3.05, 3.63) is 29.8 Å². The SMILES string of the molecule is CCCCCCNC(=O)COC(=O)Cc1ccc(NC(C)=O)cc1. The third-order valence-electron chi connectivity index (χ3n) is 3.34. The van der Waals surface area contributed by atoms with Crippen molar-refractivity contribution in [2.24, 2.45) is 0 Å². The topological polar surface area (TPSA) is 84.5 Å². The molecule has 0 aliphatic rings. The molecule has 0 saturated heterocycles. The van der Waals surface area contributed by atoms with E-state index in [1.54, 1.807) is 24.3 Å². The van der Waals surface area contributed by atoms with Crippen molar-refractivity contribution in [2.45, 2.75) is 46.0 Å². The second kappa shape index (κ2) is 11.2. The van der Waals surface area contributed by atoms with E-state index >= 15 is 0 Å². The number of unbranched alkanes of at least 4 members (excludes halogenated alkanes) is 3. The van der Waals surface area contributed by atoms with E-state index in [1.807, 2.05) is 0 Å². The molecular weight excluding hydrogens is 308 g/mol. The fourth-order valence-corrected chi connectivity index (χ4v) is 2.10. The fourth-order valence-electron chi connectivity index (χ4n) is 2.10. The summed E-state index contributed by atoms with van der Waals surface area (Å²) in [5, 5.41) is 5.38. The summed E-state index contributed by atoms with van der Waals surface area (Å²) in [4.78, 5) is 34.2. The van der Waals surface area contributed by atoms with Gasteiger partial charge in [-0.15, -0.1) is 0 Å². The second-order valence-corrected chi connectivity index (χ2v) is 5.63. The van der Waals surface area contributed by atoms with Gasteiger partial charge in [0.25, 0.3) is 5.91 Å². The van der Waals surface area contributed by atoms with Crippen LogP contribution in [0, 0.1) is 0 Å². The molecule has 1 aromatic carbocycles. The second-order valence-electron chi connectivity index (χ2n) is 5.63. The Morgan fingerprint density at radius 1 is 1.04 bits per heavy atom. The molecule has 0 aliphatic carbocycles. The smallest absolute Gasteiger partial charge is 0.310 e. The number of carbonyl (C=O) groups excluding carboxylic acids is 3. The molecule has 24 heavy (non-hydrogen) atoms. The summed E-state index contributed by atoms with van der Waals surface area (Å²) in [5.41, 5.74) is 1.43. The van der Waals surface area contributed by atoms with Crippen molar-refractivity contribution >= 4 is 23.5 Å². The van der Waals surface area contributed by atoms with Gasteiger partial charge in [0.1, 0.15) is 0 Å². The van der Waals surface area contributed by atoms with Gasteiger partial charge in [0.15, 0.2) is 6.61 Å². The zero-order valence-electron chi connectivity index (χ0n) is 14.4. The molecule has 132 valence electrons. The molecule has 0 spiro atoms. The maximum absolute atomic E-state index is 11.7. The van der Waals surface area contributed by atoms with E-state index in [-0.39, 0.29) is 24.8 Å².